The van der Waals surface area contributed by atoms with Gasteiger partial charge in [0, 0.05) is 0 Å². The highest BCUT2D eigenvalue weighted by atomic mass is 35.5. The van der Waals surface area contributed by atoms with E-state index in [1.807, 2.05) is 0 Å². The summed E-state index contributed by atoms with van der Waals surface area (Å²) in [6.07, 6.45) is 2.84. The summed E-state index contributed by atoms with van der Waals surface area (Å²) in [6, 6.07) is 0. The number of ketones is 1. The van der Waals surface area contributed by atoms with Crippen LogP contribution < -0.4 is 0 Å². The maximum atomic E-state index is 11.6. The Balaban J connectivity index is 2.45. The Morgan fingerprint density at radius 2 is 2.15 bits per heavy atom. The molecule has 0 radical (unpaired) electrons. The van der Waals surface area contributed by atoms with Crippen LogP contribution in [-0.4, -0.2) is 27.2 Å². The maximum absolute atomic E-state index is 11.6. The summed E-state index contributed by atoms with van der Waals surface area (Å²) < 4.78 is 3.91. The quantitative estimate of drug-likeness (QED) is 0.479. The highest BCUT2D eigenvalue weighted by Gasteiger charge is 2.59. The Morgan fingerprint density at radius 1 is 1.54 bits per heavy atom. The minimum absolute atomic E-state index is 0.388. The first-order chi connectivity index (χ1) is 5.88. The average Bonchev–Trinajstić information content (AvgIpc) is 2.43. The van der Waals surface area contributed by atoms with Gasteiger partial charge in [0.25, 0.3) is 0 Å². The zero-order valence-electron chi connectivity index (χ0n) is 6.76. The largest absolute Gasteiger partial charge is 0.358 e. The molecule has 0 saturated carbocycles. The lowest BCUT2D eigenvalue weighted by Gasteiger charge is -2.39. The number of carbonyl (C=O) groups excluding carboxylic acids is 1. The van der Waals surface area contributed by atoms with Crippen LogP contribution in [0.4, 0.5) is 0 Å². The van der Waals surface area contributed by atoms with Gasteiger partial charge in [0.15, 0.2) is 5.78 Å². The zero-order valence-corrected chi connectivity index (χ0v) is 9.03. The number of Topliss-reactive ketones (excluding diaryl/α,β-unsaturated/α-hetero) is 1. The summed E-state index contributed by atoms with van der Waals surface area (Å²) in [5.41, 5.74) is -0.753. The third kappa shape index (κ3) is 1.16. The Hall–Kier alpha value is 0.240. The number of carbonyl (C=O) groups is 1. The van der Waals surface area contributed by atoms with E-state index in [1.54, 1.807) is 19.1 Å². The summed E-state index contributed by atoms with van der Waals surface area (Å²) in [5.74, 6) is -0.388. The van der Waals surface area contributed by atoms with Gasteiger partial charge in [0.1, 0.15) is 17.1 Å². The molecule has 13 heavy (non-hydrogen) atoms. The van der Waals surface area contributed by atoms with Crippen LogP contribution in [0.3, 0.4) is 0 Å². The fourth-order valence-electron chi connectivity index (χ4n) is 1.54. The number of hydrogen-bond donors (Lipinski definition) is 0. The van der Waals surface area contributed by atoms with E-state index in [1.165, 1.54) is 0 Å². The zero-order chi connectivity index (χ0) is 9.85. The van der Waals surface area contributed by atoms with Gasteiger partial charge in [0.2, 0.25) is 4.33 Å². The third-order valence-electron chi connectivity index (χ3n) is 2.40. The molecule has 0 amide bonds. The lowest BCUT2D eigenvalue weighted by Crippen LogP contribution is -2.57. The number of ether oxygens (including phenoxy) is 1. The van der Waals surface area contributed by atoms with Gasteiger partial charge in [-0.2, -0.15) is 0 Å². The number of hydrogen-bond acceptors (Lipinski definition) is 2. The molecule has 2 nitrogen and oxygen atoms in total. The molecule has 0 aromatic carbocycles. The topological polar surface area (TPSA) is 26.3 Å². The third-order valence-corrected chi connectivity index (χ3v) is 3.84. The summed E-state index contributed by atoms with van der Waals surface area (Å²) >= 11 is 17.5. The number of rotatable bonds is 0. The van der Waals surface area contributed by atoms with E-state index in [2.05, 4.69) is 0 Å². The lowest BCUT2D eigenvalue weighted by atomic mass is 9.96. The predicted octanol–water partition coefficient (Wildman–Crippen LogP) is 2.06. The van der Waals surface area contributed by atoms with Gasteiger partial charge in [-0.3, -0.25) is 4.79 Å². The summed E-state index contributed by atoms with van der Waals surface area (Å²) in [6.45, 7) is 1.74. The molecule has 0 N–H and O–H groups in total. The molecule has 0 aromatic heterocycles. The highest BCUT2D eigenvalue weighted by Crippen LogP contribution is 2.46. The van der Waals surface area contributed by atoms with Gasteiger partial charge >= 0.3 is 0 Å². The second-order valence-corrected chi connectivity index (χ2v) is 5.25. The molecule has 1 saturated heterocycles. The van der Waals surface area contributed by atoms with Crippen LogP contribution >= 0.6 is 34.8 Å². The number of halogens is 3. The molecule has 2 heterocycles. The first-order valence-electron chi connectivity index (χ1n) is 3.81. The summed E-state index contributed by atoms with van der Waals surface area (Å²) in [5, 5.41) is -0.822. The molecule has 2 bridgehead atoms. The maximum Gasteiger partial charge on any atom is 0.206 e. The van der Waals surface area contributed by atoms with Crippen molar-refractivity contribution in [3.05, 3.63) is 12.2 Å². The van der Waals surface area contributed by atoms with Gasteiger partial charge in [0.05, 0.1) is 0 Å². The van der Waals surface area contributed by atoms with Crippen LogP contribution in [0, 0.1) is 0 Å². The van der Waals surface area contributed by atoms with E-state index < -0.39 is 21.4 Å². The summed E-state index contributed by atoms with van der Waals surface area (Å²) in [4.78, 5) is 11.6. The van der Waals surface area contributed by atoms with Crippen molar-refractivity contribution in [2.75, 3.05) is 0 Å². The molecule has 1 fully saturated rings. The van der Waals surface area contributed by atoms with Gasteiger partial charge in [-0.15, -0.1) is 11.6 Å². The van der Waals surface area contributed by atoms with Gasteiger partial charge in [-0.1, -0.05) is 35.4 Å². The van der Waals surface area contributed by atoms with E-state index in [-0.39, 0.29) is 5.78 Å². The molecular formula is C8H7Cl3O2. The van der Waals surface area contributed by atoms with E-state index in [4.69, 9.17) is 39.5 Å². The van der Waals surface area contributed by atoms with Crippen molar-refractivity contribution >= 4 is 40.6 Å². The lowest BCUT2D eigenvalue weighted by molar-refractivity contribution is -0.135. The molecule has 0 aliphatic carbocycles. The van der Waals surface area contributed by atoms with Crippen LogP contribution in [0.2, 0.25) is 0 Å². The number of alkyl halides is 3. The van der Waals surface area contributed by atoms with Crippen molar-refractivity contribution in [3.8, 4) is 0 Å². The molecule has 3 atom stereocenters. The van der Waals surface area contributed by atoms with Crippen LogP contribution in [0.5, 0.6) is 0 Å². The Bertz CT molecular complexity index is 300. The van der Waals surface area contributed by atoms with Crippen LogP contribution in [0.25, 0.3) is 0 Å². The summed E-state index contributed by atoms with van der Waals surface area (Å²) in [7, 11) is 0. The molecule has 0 unspecified atom stereocenters. The normalized spacial score (nSPS) is 46.9. The monoisotopic (exact) mass is 240 g/mol. The van der Waals surface area contributed by atoms with Crippen molar-refractivity contribution in [2.45, 2.75) is 28.3 Å². The minimum Gasteiger partial charge on any atom is -0.358 e. The fraction of sp³-hybridized carbons (Fsp3) is 0.625. The number of fused-ring (bicyclic) bond motifs is 2. The van der Waals surface area contributed by atoms with Gasteiger partial charge in [-0.25, -0.2) is 0 Å². The Kier molecular flexibility index (Phi) is 1.98. The SMILES string of the molecule is C[C@]12C=C[C@H](O1)C(Cl)(Cl)C(=O)[C@H]2Cl. The van der Waals surface area contributed by atoms with Crippen LogP contribution in [0.1, 0.15) is 6.92 Å². The van der Waals surface area contributed by atoms with Gasteiger partial charge in [-0.05, 0) is 6.92 Å². The van der Waals surface area contributed by atoms with Crippen molar-refractivity contribution in [1.29, 1.82) is 0 Å². The first-order valence-corrected chi connectivity index (χ1v) is 5.00. The molecule has 2 aliphatic heterocycles. The van der Waals surface area contributed by atoms with E-state index in [0.717, 1.165) is 0 Å². The van der Waals surface area contributed by atoms with Crippen LogP contribution in [0.15, 0.2) is 12.2 Å². The second kappa shape index (κ2) is 2.63. The van der Waals surface area contributed by atoms with Crippen LogP contribution in [-0.2, 0) is 9.53 Å². The standard InChI is InChI=1S/C8H7Cl3O2/c1-7-3-2-4(13-7)8(10,11)6(12)5(7)9/h2-5H,1H3/t4-,5+,7+/m0/s1. The van der Waals surface area contributed by atoms with E-state index >= 15 is 0 Å². The average molecular weight is 242 g/mol. The minimum atomic E-state index is -1.54. The predicted molar refractivity (Wildman–Crippen MR) is 51.5 cm³/mol. The Morgan fingerprint density at radius 3 is 2.77 bits per heavy atom. The van der Waals surface area contributed by atoms with E-state index in [0.29, 0.717) is 0 Å². The van der Waals surface area contributed by atoms with Crippen molar-refractivity contribution in [2.24, 2.45) is 0 Å². The van der Waals surface area contributed by atoms with E-state index in [9.17, 15) is 4.79 Å². The second-order valence-electron chi connectivity index (χ2n) is 3.43. The first kappa shape index (κ1) is 9.78. The smallest absolute Gasteiger partial charge is 0.206 e. The van der Waals surface area contributed by atoms with Crippen molar-refractivity contribution in [1.82, 2.24) is 0 Å². The molecule has 2 aliphatic rings. The molecule has 2 rings (SSSR count). The van der Waals surface area contributed by atoms with Crippen molar-refractivity contribution < 1.29 is 9.53 Å². The molecule has 0 aromatic rings. The molecule has 72 valence electrons. The molecule has 5 heteroatoms. The molecule has 0 spiro atoms. The van der Waals surface area contributed by atoms with Crippen molar-refractivity contribution in [3.63, 3.8) is 0 Å². The highest BCUT2D eigenvalue weighted by molar-refractivity contribution is 6.62. The molecular weight excluding hydrogens is 234 g/mol. The fourth-order valence-corrected chi connectivity index (χ4v) is 2.40. The van der Waals surface area contributed by atoms with Gasteiger partial charge < -0.3 is 4.74 Å². The Labute approximate surface area is 90.8 Å².